The highest BCUT2D eigenvalue weighted by Gasteiger charge is 2.25. The molecule has 2 heterocycles. The van der Waals surface area contributed by atoms with Crippen LogP contribution in [0.5, 0.6) is 0 Å². The normalized spacial score (nSPS) is 11.7. The summed E-state index contributed by atoms with van der Waals surface area (Å²) in [4.78, 5) is 4.67. The Hall–Kier alpha value is -14.6. The van der Waals surface area contributed by atoms with Gasteiger partial charge in [0, 0.05) is 67.0 Å². The summed E-state index contributed by atoms with van der Waals surface area (Å²) < 4.78 is 4.85. The van der Waals surface area contributed by atoms with Gasteiger partial charge >= 0.3 is 0 Å². The summed E-state index contributed by atoms with van der Waals surface area (Å²) in [6.07, 6.45) is 0. The quantitative estimate of drug-likeness (QED) is 0.107. The van der Waals surface area contributed by atoms with Crippen LogP contribution in [-0.2, 0) is 5.41 Å². The summed E-state index contributed by atoms with van der Waals surface area (Å²) in [7, 11) is 0. The molecule has 4 heteroatoms. The number of aryl methyl sites for hydroxylation is 1. The van der Waals surface area contributed by atoms with Crippen molar-refractivity contribution in [3.8, 4) is 67.0 Å². The van der Waals surface area contributed by atoms with E-state index in [1.807, 2.05) is 0 Å². The van der Waals surface area contributed by atoms with E-state index in [-0.39, 0.29) is 5.41 Å². The molecule has 0 N–H and O–H groups in total. The van der Waals surface area contributed by atoms with Crippen LogP contribution in [0.1, 0.15) is 31.9 Å². The second-order valence-corrected chi connectivity index (χ2v) is 31.1. The minimum atomic E-state index is 0.0278. The second-order valence-electron chi connectivity index (χ2n) is 31.1. The number of hydrogen-bond acceptors (Lipinski definition) is 2. The highest BCUT2D eigenvalue weighted by molar-refractivity contribution is 6.23. The molecule has 546 valence electrons. The first-order valence-corrected chi connectivity index (χ1v) is 39.9. The lowest BCUT2D eigenvalue weighted by Crippen LogP contribution is -2.10. The molecule has 0 unspecified atom stereocenters. The Morgan fingerprint density at radius 1 is 0.200 bits per heavy atom. The third-order valence-corrected chi connectivity index (χ3v) is 23.2. The molecule has 0 aliphatic carbocycles. The molecule has 0 aliphatic heterocycles. The van der Waals surface area contributed by atoms with Gasteiger partial charge in [0.25, 0.3) is 0 Å². The van der Waals surface area contributed by atoms with Crippen LogP contribution in [-0.4, -0.2) is 9.13 Å². The van der Waals surface area contributed by atoms with Crippen molar-refractivity contribution in [3.05, 3.63) is 436 Å². The van der Waals surface area contributed by atoms with Gasteiger partial charge in [0.15, 0.2) is 0 Å². The number of benzene rings is 19. The van der Waals surface area contributed by atoms with Gasteiger partial charge in [-0.25, -0.2) is 0 Å². The molecule has 0 saturated carbocycles. The zero-order chi connectivity index (χ0) is 77.1. The molecule has 0 atom stereocenters. The van der Waals surface area contributed by atoms with E-state index in [2.05, 4.69) is 471 Å². The number of para-hydroxylation sites is 6. The third kappa shape index (κ3) is 12.5. The van der Waals surface area contributed by atoms with Crippen molar-refractivity contribution < 1.29 is 0 Å². The van der Waals surface area contributed by atoms with Crippen LogP contribution in [0, 0.1) is 6.92 Å². The minimum Gasteiger partial charge on any atom is -0.310 e. The van der Waals surface area contributed by atoms with E-state index in [0.717, 1.165) is 45.5 Å². The fraction of sp³-hybridized carbons (Fsp3) is 0.0450. The van der Waals surface area contributed by atoms with E-state index < -0.39 is 0 Å². The van der Waals surface area contributed by atoms with E-state index in [0.29, 0.717) is 0 Å². The van der Waals surface area contributed by atoms with E-state index in [9.17, 15) is 0 Å². The third-order valence-electron chi connectivity index (χ3n) is 23.2. The first kappa shape index (κ1) is 69.6. The van der Waals surface area contributed by atoms with E-state index in [4.69, 9.17) is 0 Å². The van der Waals surface area contributed by atoms with Crippen LogP contribution in [0.3, 0.4) is 0 Å². The molecular formula is C111H82N4. The van der Waals surface area contributed by atoms with Gasteiger partial charge in [-0.15, -0.1) is 0 Å². The van der Waals surface area contributed by atoms with Crippen LogP contribution in [0.25, 0.3) is 154 Å². The Balaban J connectivity index is 0.000000149. The SMILES string of the molecule is CC(C)(C)c1ccc2c(-c3ccc(-n4c5ccccc5c5cc(N(c6ccccc6)c6ccccc6)ccc54)cc3)c3ccccc3c(-c3ccccc3)c2c1.Cc1ccccc1-c1ccc(-c2c3ccccc3c(-c3cccc(-n4c5ccccc5c5cc(N(c6ccccc6)c6ccccc6)ccc54)c3)c3ccccc23)cc1. The van der Waals surface area contributed by atoms with Crippen LogP contribution in [0.15, 0.2) is 425 Å². The van der Waals surface area contributed by atoms with Gasteiger partial charge in [-0.3, -0.25) is 0 Å². The predicted molar refractivity (Wildman–Crippen MR) is 492 cm³/mol. The van der Waals surface area contributed by atoms with Gasteiger partial charge < -0.3 is 18.9 Å². The molecule has 21 aromatic rings. The first-order valence-electron chi connectivity index (χ1n) is 39.9. The number of fused-ring (bicyclic) bond motifs is 10. The van der Waals surface area contributed by atoms with Crippen LogP contribution < -0.4 is 9.80 Å². The zero-order valence-electron chi connectivity index (χ0n) is 64.7. The summed E-state index contributed by atoms with van der Waals surface area (Å²) in [6.45, 7) is 9.08. The molecule has 0 saturated heterocycles. The van der Waals surface area contributed by atoms with Crippen molar-refractivity contribution in [2.45, 2.75) is 33.1 Å². The predicted octanol–water partition coefficient (Wildman–Crippen LogP) is 31.1. The Morgan fingerprint density at radius 2 is 0.530 bits per heavy atom. The molecule has 0 amide bonds. The summed E-state index contributed by atoms with van der Waals surface area (Å²) in [5.74, 6) is 0. The Labute approximate surface area is 671 Å². The van der Waals surface area contributed by atoms with Gasteiger partial charge in [0.2, 0.25) is 0 Å². The number of anilines is 6. The summed E-state index contributed by atoms with van der Waals surface area (Å²) in [5.41, 5.74) is 28.9. The first-order chi connectivity index (χ1) is 56.6. The fourth-order valence-electron chi connectivity index (χ4n) is 17.9. The van der Waals surface area contributed by atoms with Crippen LogP contribution in [0.2, 0.25) is 0 Å². The molecule has 19 aromatic carbocycles. The van der Waals surface area contributed by atoms with Crippen molar-refractivity contribution in [2.24, 2.45) is 0 Å². The Bertz CT molecular complexity index is 7080. The Morgan fingerprint density at radius 3 is 0.974 bits per heavy atom. The molecule has 0 radical (unpaired) electrons. The van der Waals surface area contributed by atoms with E-state index >= 15 is 0 Å². The monoisotopic (exact) mass is 1470 g/mol. The molecule has 2 aromatic heterocycles. The number of rotatable bonds is 13. The number of nitrogens with zero attached hydrogens (tertiary/aromatic N) is 4. The van der Waals surface area contributed by atoms with Gasteiger partial charge in [-0.2, -0.15) is 0 Å². The van der Waals surface area contributed by atoms with Crippen molar-refractivity contribution in [3.63, 3.8) is 0 Å². The zero-order valence-corrected chi connectivity index (χ0v) is 64.7. The van der Waals surface area contributed by atoms with Gasteiger partial charge in [0.05, 0.1) is 22.1 Å². The maximum Gasteiger partial charge on any atom is 0.0542 e. The van der Waals surface area contributed by atoms with Crippen molar-refractivity contribution >= 4 is 121 Å². The van der Waals surface area contributed by atoms with E-state index in [1.165, 1.54) is 153 Å². The molecule has 115 heavy (non-hydrogen) atoms. The number of aromatic nitrogens is 2. The maximum absolute atomic E-state index is 2.44. The van der Waals surface area contributed by atoms with Gasteiger partial charge in [-0.1, -0.05) is 318 Å². The summed E-state index contributed by atoms with van der Waals surface area (Å²) in [5, 5.41) is 15.0. The summed E-state index contributed by atoms with van der Waals surface area (Å²) >= 11 is 0. The van der Waals surface area contributed by atoms with Crippen molar-refractivity contribution in [1.82, 2.24) is 9.13 Å². The molecule has 0 aliphatic rings. The molecule has 4 nitrogen and oxygen atoms in total. The molecule has 0 fully saturated rings. The van der Waals surface area contributed by atoms with Crippen LogP contribution in [0.4, 0.5) is 34.1 Å². The highest BCUT2D eigenvalue weighted by Crippen LogP contribution is 2.49. The molecule has 0 bridgehead atoms. The smallest absolute Gasteiger partial charge is 0.0542 e. The minimum absolute atomic E-state index is 0.0278. The van der Waals surface area contributed by atoms with Gasteiger partial charge in [-0.05, 0) is 250 Å². The van der Waals surface area contributed by atoms with Crippen molar-refractivity contribution in [1.29, 1.82) is 0 Å². The number of hydrogen-bond donors (Lipinski definition) is 0. The topological polar surface area (TPSA) is 16.3 Å². The average molecular weight is 1470 g/mol. The largest absolute Gasteiger partial charge is 0.310 e. The lowest BCUT2D eigenvalue weighted by Gasteiger charge is -2.25. The maximum atomic E-state index is 2.44. The lowest BCUT2D eigenvalue weighted by atomic mass is 9.81. The highest BCUT2D eigenvalue weighted by atomic mass is 15.1. The fourth-order valence-corrected chi connectivity index (χ4v) is 17.9. The Kier molecular flexibility index (Phi) is 17.7. The molecule has 0 spiro atoms. The molecule has 21 rings (SSSR count). The van der Waals surface area contributed by atoms with Gasteiger partial charge in [0.1, 0.15) is 0 Å². The molecular weight excluding hydrogens is 1390 g/mol. The summed E-state index contributed by atoms with van der Waals surface area (Å²) in [6, 6.07) is 155. The standard InChI is InChI=1S/C57H40N2.C54H42N2/c1-39-17-8-9-24-47(39)40-31-33-41(34-32-40)56-49-26-10-12-28-51(49)57(52-29-13-11-27-50(52)56)42-18-16-23-45(37-42)59-54-30-15-14-25-48(54)53-38-46(35-36-55(53)59)58(43-19-4-2-5-20-43)44-21-6-3-7-22-44;1-54(2,3)39-29-33-47-49(35-39)53(37-17-7-4-8-18-37)46-25-14-13-24-45(46)52(47)38-27-30-42(31-28-38)56-50-26-16-15-23-44(50)48-36-43(32-34-51(48)56)55(40-19-9-5-10-20-40)41-21-11-6-12-22-41/h2-38H,1H3;4-36H,1-3H3. The van der Waals surface area contributed by atoms with Crippen molar-refractivity contribution in [2.75, 3.05) is 9.80 Å². The average Bonchev–Trinajstić information content (AvgIpc) is 1.67. The van der Waals surface area contributed by atoms with Crippen LogP contribution >= 0.6 is 0 Å². The lowest BCUT2D eigenvalue weighted by molar-refractivity contribution is 0.591. The second kappa shape index (κ2) is 29.3. The van der Waals surface area contributed by atoms with E-state index in [1.54, 1.807) is 0 Å².